The van der Waals surface area contributed by atoms with Gasteiger partial charge in [-0.15, -0.1) is 0 Å². The van der Waals surface area contributed by atoms with Crippen molar-refractivity contribution in [3.63, 3.8) is 0 Å². The van der Waals surface area contributed by atoms with Gasteiger partial charge in [-0.05, 0) is 44.0 Å². The van der Waals surface area contributed by atoms with Crippen LogP contribution in [0, 0.1) is 6.92 Å². The van der Waals surface area contributed by atoms with Crippen molar-refractivity contribution in [2.24, 2.45) is 0 Å². The number of H-pyrrole nitrogens is 1. The second-order valence-electron chi connectivity index (χ2n) is 9.38. The zero-order valence-corrected chi connectivity index (χ0v) is 19.9. The molecule has 36 heavy (non-hydrogen) atoms. The van der Waals surface area contributed by atoms with Gasteiger partial charge in [-0.3, -0.25) is 14.7 Å². The molecule has 1 saturated carbocycles. The average Bonchev–Trinajstić information content (AvgIpc) is 3.36. The van der Waals surface area contributed by atoms with Crippen LogP contribution in [-0.2, 0) is 21.3 Å². The summed E-state index contributed by atoms with van der Waals surface area (Å²) < 4.78 is 72.4. The van der Waals surface area contributed by atoms with Crippen LogP contribution in [0.4, 0.5) is 0 Å². The van der Waals surface area contributed by atoms with Gasteiger partial charge >= 0.3 is 0 Å². The number of aromatic nitrogens is 4. The number of fused-ring (bicyclic) bond motifs is 1. The quantitative estimate of drug-likeness (QED) is 0.362. The number of hydrogen-bond donors (Lipinski definition) is 1. The highest BCUT2D eigenvalue weighted by atomic mass is 16.5. The first-order valence-electron chi connectivity index (χ1n) is 15.9. The van der Waals surface area contributed by atoms with E-state index in [0.717, 1.165) is 41.0 Å². The second-order valence-corrected chi connectivity index (χ2v) is 9.38. The van der Waals surface area contributed by atoms with E-state index in [4.69, 9.17) is 15.7 Å². The van der Waals surface area contributed by atoms with Gasteiger partial charge in [0, 0.05) is 38.3 Å². The van der Waals surface area contributed by atoms with Crippen molar-refractivity contribution >= 4 is 11.6 Å². The number of nitrogens with one attached hydrogen (secondary N) is 1. The Morgan fingerprint density at radius 2 is 1.97 bits per heavy atom. The molecule has 5 rings (SSSR count). The number of rotatable bonds is 9. The predicted octanol–water partition coefficient (Wildman–Crippen LogP) is 4.81. The Kier molecular flexibility index (Phi) is 4.27. The molecule has 1 atom stereocenters. The summed E-state index contributed by atoms with van der Waals surface area (Å²) >= 11 is 0. The fraction of sp³-hybridized carbons (Fsp3) is 0.379. The fourth-order valence-corrected chi connectivity index (χ4v) is 4.73. The summed E-state index contributed by atoms with van der Waals surface area (Å²) in [7, 11) is -3.49. The number of hydrogen-bond acceptors (Lipinski definition) is 5. The molecule has 0 amide bonds. The SMILES string of the molecule is [2H]C([2H])([2H])OC(C(=O)CCC1(c2ccc(C)cc2)CCC1)(C([2H])([2H])[2H])C([2H])([2H])c1cc(=O)n2[nH]c(-c3ccccc3)nc2n1. The van der Waals surface area contributed by atoms with Crippen LogP contribution in [0.25, 0.3) is 17.2 Å². The van der Waals surface area contributed by atoms with Crippen molar-refractivity contribution in [1.82, 2.24) is 19.6 Å². The third kappa shape index (κ3) is 4.51. The molecule has 0 aliphatic heterocycles. The second kappa shape index (κ2) is 9.47. The van der Waals surface area contributed by atoms with E-state index in [1.165, 1.54) is 0 Å². The molecule has 1 aliphatic rings. The van der Waals surface area contributed by atoms with E-state index >= 15 is 0 Å². The number of benzene rings is 2. The Morgan fingerprint density at radius 1 is 1.19 bits per heavy atom. The van der Waals surface area contributed by atoms with E-state index in [-0.39, 0.29) is 18.0 Å². The number of carbonyl (C=O) groups is 1. The first-order chi connectivity index (χ1) is 20.5. The standard InChI is InChI=1S/C29H32N4O3/c1-20-10-12-22(13-11-20)29(15-7-16-29)17-14-24(34)28(2,36-3)19-23-18-25(35)33-27(30-23)31-26(32-33)21-8-5-4-6-9-21/h4-6,8-13,18H,7,14-17,19H2,1-3H3,(H,30,31,32)/i2D3,3D3,19D2. The van der Waals surface area contributed by atoms with Crippen LogP contribution >= 0.6 is 0 Å². The Labute approximate surface area is 221 Å². The zero-order valence-electron chi connectivity index (χ0n) is 27.9. The predicted molar refractivity (Wildman–Crippen MR) is 139 cm³/mol. The minimum Gasteiger partial charge on any atom is -0.370 e. The molecule has 0 radical (unpaired) electrons. The van der Waals surface area contributed by atoms with E-state index in [9.17, 15) is 9.59 Å². The summed E-state index contributed by atoms with van der Waals surface area (Å²) in [5.41, 5.74) is -3.01. The number of carbonyl (C=O) groups excluding carboxylic acids is 1. The van der Waals surface area contributed by atoms with E-state index < -0.39 is 54.7 Å². The van der Waals surface area contributed by atoms with Crippen LogP contribution in [-0.4, -0.2) is 38.0 Å². The Hall–Kier alpha value is -3.58. The highest BCUT2D eigenvalue weighted by Gasteiger charge is 2.41. The highest BCUT2D eigenvalue weighted by molar-refractivity contribution is 5.87. The molecule has 1 N–H and O–H groups in total. The number of ether oxygens (including phenoxy) is 1. The summed E-state index contributed by atoms with van der Waals surface area (Å²) in [5.74, 6) is -1.33. The van der Waals surface area contributed by atoms with E-state index in [2.05, 4.69) is 15.1 Å². The van der Waals surface area contributed by atoms with Crippen molar-refractivity contribution in [3.8, 4) is 11.4 Å². The molecular formula is C29H32N4O3. The van der Waals surface area contributed by atoms with E-state index in [1.54, 1.807) is 30.3 Å². The summed E-state index contributed by atoms with van der Waals surface area (Å²) in [5, 5.41) is 2.77. The zero-order chi connectivity index (χ0) is 32.1. The summed E-state index contributed by atoms with van der Waals surface area (Å²) in [6.45, 7) is -1.67. The number of methoxy groups -OCH3 is 1. The number of ketones is 1. The van der Waals surface area contributed by atoms with Crippen LogP contribution in [0.2, 0.25) is 0 Å². The van der Waals surface area contributed by atoms with Crippen molar-refractivity contribution < 1.29 is 20.5 Å². The number of aryl methyl sites for hydroxylation is 1. The fourth-order valence-electron chi connectivity index (χ4n) is 4.73. The molecule has 2 heterocycles. The Balaban J connectivity index is 1.59. The van der Waals surface area contributed by atoms with Crippen molar-refractivity contribution in [2.45, 2.75) is 63.3 Å². The van der Waals surface area contributed by atoms with Gasteiger partial charge in [0.15, 0.2) is 11.6 Å². The summed E-state index contributed by atoms with van der Waals surface area (Å²) in [6, 6.07) is 17.2. The minimum atomic E-state index is -3.62. The van der Waals surface area contributed by atoms with Gasteiger partial charge in [0.1, 0.15) is 5.60 Å². The van der Waals surface area contributed by atoms with Crippen molar-refractivity contribution in [3.05, 3.63) is 87.8 Å². The molecule has 2 aromatic carbocycles. The largest absolute Gasteiger partial charge is 0.370 e. The molecular weight excluding hydrogens is 452 g/mol. The third-order valence-electron chi connectivity index (χ3n) is 7.03. The topological polar surface area (TPSA) is 89.4 Å². The summed E-state index contributed by atoms with van der Waals surface area (Å²) in [4.78, 5) is 35.6. The van der Waals surface area contributed by atoms with Gasteiger partial charge in [0.25, 0.3) is 11.3 Å². The van der Waals surface area contributed by atoms with E-state index in [1.807, 2.05) is 31.2 Å². The van der Waals surface area contributed by atoms with Crippen LogP contribution in [0.15, 0.2) is 65.5 Å². The molecule has 0 spiro atoms. The maximum Gasteiger partial charge on any atom is 0.274 e. The van der Waals surface area contributed by atoms with Gasteiger partial charge in [0.2, 0.25) is 0 Å². The van der Waals surface area contributed by atoms with Gasteiger partial charge in [-0.25, -0.2) is 4.98 Å². The minimum absolute atomic E-state index is 0.155. The molecule has 4 aromatic rings. The lowest BCUT2D eigenvalue weighted by molar-refractivity contribution is -0.139. The smallest absolute Gasteiger partial charge is 0.274 e. The van der Waals surface area contributed by atoms with Gasteiger partial charge in [-0.2, -0.15) is 9.50 Å². The van der Waals surface area contributed by atoms with Crippen LogP contribution in [0.5, 0.6) is 0 Å². The normalized spacial score (nSPS) is 20.8. The number of aromatic amines is 1. The third-order valence-corrected chi connectivity index (χ3v) is 7.03. The Morgan fingerprint density at radius 3 is 2.64 bits per heavy atom. The van der Waals surface area contributed by atoms with Gasteiger partial charge in [-0.1, -0.05) is 66.6 Å². The summed E-state index contributed by atoms with van der Waals surface area (Å²) in [6.07, 6.45) is -1.38. The number of nitrogens with zero attached hydrogens (tertiary/aromatic N) is 3. The van der Waals surface area contributed by atoms with Crippen molar-refractivity contribution in [1.29, 1.82) is 0 Å². The van der Waals surface area contributed by atoms with Crippen LogP contribution < -0.4 is 5.56 Å². The number of Topliss-reactive ketones (excluding diaryl/α,β-unsaturated/α-hetero) is 1. The Bertz CT molecular complexity index is 1730. The van der Waals surface area contributed by atoms with Crippen LogP contribution in [0.1, 0.15) is 66.7 Å². The molecule has 7 nitrogen and oxygen atoms in total. The average molecular weight is 493 g/mol. The lowest BCUT2D eigenvalue weighted by atomic mass is 9.61. The molecule has 1 unspecified atom stereocenters. The van der Waals surface area contributed by atoms with Crippen molar-refractivity contribution in [2.75, 3.05) is 7.04 Å². The van der Waals surface area contributed by atoms with Gasteiger partial charge < -0.3 is 4.74 Å². The van der Waals surface area contributed by atoms with Gasteiger partial charge in [0.05, 0.1) is 9.81 Å². The molecule has 7 heteroatoms. The molecule has 2 aromatic heterocycles. The monoisotopic (exact) mass is 492 g/mol. The maximum absolute atomic E-state index is 14.1. The maximum atomic E-state index is 14.1. The van der Waals surface area contributed by atoms with E-state index in [0.29, 0.717) is 5.56 Å². The lowest BCUT2D eigenvalue weighted by Crippen LogP contribution is -2.42. The molecule has 1 fully saturated rings. The lowest BCUT2D eigenvalue weighted by Gasteiger charge is -2.43. The molecule has 186 valence electrons. The van der Waals surface area contributed by atoms with Crippen LogP contribution in [0.3, 0.4) is 0 Å². The molecule has 0 saturated heterocycles. The molecule has 1 aliphatic carbocycles. The molecule has 0 bridgehead atoms. The first kappa shape index (κ1) is 16.2. The first-order valence-corrected chi connectivity index (χ1v) is 11.9. The highest BCUT2D eigenvalue weighted by Crippen LogP contribution is 2.47.